The Balaban J connectivity index is 1.53. The van der Waals surface area contributed by atoms with Gasteiger partial charge >= 0.3 is 0 Å². The molecule has 1 aliphatic heterocycles. The van der Waals surface area contributed by atoms with Gasteiger partial charge in [-0.3, -0.25) is 4.79 Å². The van der Waals surface area contributed by atoms with E-state index in [1.165, 1.54) is 24.8 Å². The third kappa shape index (κ3) is 3.19. The van der Waals surface area contributed by atoms with Crippen molar-refractivity contribution in [2.24, 2.45) is 5.92 Å². The van der Waals surface area contributed by atoms with E-state index in [4.69, 9.17) is 0 Å². The molecule has 2 N–H and O–H groups in total. The lowest BCUT2D eigenvalue weighted by molar-refractivity contribution is 0.0697. The second-order valence-electron chi connectivity index (χ2n) is 9.01. The van der Waals surface area contributed by atoms with Gasteiger partial charge in [0.1, 0.15) is 5.75 Å². The Morgan fingerprint density at radius 1 is 1.03 bits per heavy atom. The second-order valence-corrected chi connectivity index (χ2v) is 9.01. The normalized spacial score (nSPS) is 25.3. The zero-order chi connectivity index (χ0) is 20.7. The molecular weight excluding hydrogens is 372 g/mol. The number of nitrogens with one attached hydrogen (secondary N) is 1. The highest BCUT2D eigenvalue weighted by Crippen LogP contribution is 2.51. The Labute approximate surface area is 178 Å². The van der Waals surface area contributed by atoms with Crippen molar-refractivity contribution >= 4 is 11.6 Å². The number of carbonyl (C=O) groups is 1. The lowest BCUT2D eigenvalue weighted by Gasteiger charge is -2.39. The van der Waals surface area contributed by atoms with Crippen molar-refractivity contribution in [3.05, 3.63) is 71.3 Å². The summed E-state index contributed by atoms with van der Waals surface area (Å²) in [6.07, 6.45) is 11.4. The third-order valence-corrected chi connectivity index (χ3v) is 7.34. The molecule has 1 fully saturated rings. The number of para-hydroxylation sites is 2. The number of phenolic OH excluding ortho intramolecular Hbond substituents is 1. The third-order valence-electron chi connectivity index (χ3n) is 7.34. The molecule has 2 aromatic carbocycles. The molecule has 3 aliphatic rings. The number of benzene rings is 2. The fraction of sp³-hybridized carbons (Fsp3) is 0.423. The average Bonchev–Trinajstić information content (AvgIpc) is 3.28. The van der Waals surface area contributed by atoms with Gasteiger partial charge in [-0.1, -0.05) is 61.7 Å². The largest absolute Gasteiger partial charge is 0.508 e. The molecule has 2 aromatic rings. The van der Waals surface area contributed by atoms with Gasteiger partial charge in [-0.05, 0) is 42.9 Å². The van der Waals surface area contributed by atoms with Gasteiger partial charge in [0, 0.05) is 24.6 Å². The van der Waals surface area contributed by atoms with Crippen LogP contribution >= 0.6 is 0 Å². The first-order chi connectivity index (χ1) is 14.6. The molecule has 0 bridgehead atoms. The average molecular weight is 403 g/mol. The van der Waals surface area contributed by atoms with Crippen molar-refractivity contribution in [1.29, 1.82) is 0 Å². The number of amides is 1. The Bertz CT molecular complexity index is 977. The fourth-order valence-corrected chi connectivity index (χ4v) is 5.68. The molecule has 156 valence electrons. The highest BCUT2D eigenvalue weighted by atomic mass is 16.3. The van der Waals surface area contributed by atoms with E-state index >= 15 is 0 Å². The highest BCUT2D eigenvalue weighted by Gasteiger charge is 2.40. The number of phenols is 1. The molecule has 1 saturated carbocycles. The number of anilines is 1. The maximum Gasteiger partial charge on any atom is 0.255 e. The van der Waals surface area contributed by atoms with Crippen LogP contribution in [0.2, 0.25) is 0 Å². The number of fused-ring (bicyclic) bond motifs is 3. The van der Waals surface area contributed by atoms with E-state index in [0.29, 0.717) is 17.7 Å². The smallest absolute Gasteiger partial charge is 0.255 e. The van der Waals surface area contributed by atoms with Gasteiger partial charge < -0.3 is 15.3 Å². The summed E-state index contributed by atoms with van der Waals surface area (Å²) in [5.41, 5.74) is 3.79. The Morgan fingerprint density at radius 2 is 1.80 bits per heavy atom. The monoisotopic (exact) mass is 402 g/mol. The molecule has 30 heavy (non-hydrogen) atoms. The summed E-state index contributed by atoms with van der Waals surface area (Å²) in [6, 6.07) is 14.0. The summed E-state index contributed by atoms with van der Waals surface area (Å²) >= 11 is 0. The van der Waals surface area contributed by atoms with Gasteiger partial charge in [0.2, 0.25) is 0 Å². The predicted octanol–water partition coefficient (Wildman–Crippen LogP) is 5.62. The van der Waals surface area contributed by atoms with Gasteiger partial charge in [0.15, 0.2) is 0 Å². The summed E-state index contributed by atoms with van der Waals surface area (Å²) in [5, 5.41) is 14.2. The molecule has 1 heterocycles. The highest BCUT2D eigenvalue weighted by molar-refractivity contribution is 6.01. The van der Waals surface area contributed by atoms with E-state index in [2.05, 4.69) is 23.5 Å². The summed E-state index contributed by atoms with van der Waals surface area (Å²) in [6.45, 7) is 0. The molecular formula is C26H30N2O2. The van der Waals surface area contributed by atoms with E-state index < -0.39 is 0 Å². The molecule has 3 unspecified atom stereocenters. The van der Waals surface area contributed by atoms with Crippen molar-refractivity contribution in [2.75, 3.05) is 12.4 Å². The molecule has 0 spiro atoms. The van der Waals surface area contributed by atoms with Crippen LogP contribution in [-0.4, -0.2) is 29.0 Å². The first-order valence-electron chi connectivity index (χ1n) is 11.3. The van der Waals surface area contributed by atoms with Crippen LogP contribution in [0.5, 0.6) is 5.75 Å². The summed E-state index contributed by atoms with van der Waals surface area (Å²) in [4.78, 5) is 15.5. The Hall–Kier alpha value is -2.75. The molecule has 0 aromatic heterocycles. The van der Waals surface area contributed by atoms with Crippen LogP contribution in [0.4, 0.5) is 5.69 Å². The van der Waals surface area contributed by atoms with Crippen LogP contribution in [0, 0.1) is 5.92 Å². The summed E-state index contributed by atoms with van der Waals surface area (Å²) in [5.74, 6) is 1.01. The number of rotatable bonds is 3. The number of carbonyl (C=O) groups excluding carboxylic acids is 1. The van der Waals surface area contributed by atoms with Crippen LogP contribution in [-0.2, 0) is 0 Å². The van der Waals surface area contributed by atoms with Gasteiger partial charge in [-0.15, -0.1) is 0 Å². The number of aromatic hydroxyl groups is 1. The minimum absolute atomic E-state index is 0.0207. The molecule has 2 aliphatic carbocycles. The zero-order valence-corrected chi connectivity index (χ0v) is 17.6. The van der Waals surface area contributed by atoms with Crippen molar-refractivity contribution < 1.29 is 9.90 Å². The summed E-state index contributed by atoms with van der Waals surface area (Å²) in [7, 11) is 1.96. The molecule has 3 atom stereocenters. The van der Waals surface area contributed by atoms with Crippen molar-refractivity contribution in [3.63, 3.8) is 0 Å². The minimum atomic E-state index is -0.0207. The Kier molecular flexibility index (Phi) is 5.01. The quantitative estimate of drug-likeness (QED) is 0.655. The Morgan fingerprint density at radius 3 is 2.60 bits per heavy atom. The predicted molar refractivity (Wildman–Crippen MR) is 120 cm³/mol. The van der Waals surface area contributed by atoms with E-state index in [1.54, 1.807) is 6.07 Å². The van der Waals surface area contributed by atoms with Gasteiger partial charge in [-0.2, -0.15) is 0 Å². The maximum atomic E-state index is 13.5. The van der Waals surface area contributed by atoms with E-state index in [9.17, 15) is 9.90 Å². The van der Waals surface area contributed by atoms with Crippen LogP contribution in [0.3, 0.4) is 0 Å². The van der Waals surface area contributed by atoms with E-state index in [1.807, 2.05) is 42.3 Å². The molecule has 5 rings (SSSR count). The first-order valence-corrected chi connectivity index (χ1v) is 11.3. The molecule has 4 nitrogen and oxygen atoms in total. The van der Waals surface area contributed by atoms with E-state index in [-0.39, 0.29) is 17.9 Å². The first kappa shape index (κ1) is 19.2. The SMILES string of the molecule is CN(C(=O)c1cccc2c1NC(c1ccccc1O)C1CC=CC21)C1CCCCC1. The van der Waals surface area contributed by atoms with Crippen molar-refractivity contribution in [1.82, 2.24) is 4.90 Å². The lowest BCUT2D eigenvalue weighted by atomic mass is 9.76. The standard InChI is InChI=1S/C26H30N2O2/c1-28(17-9-3-2-4-10-17)26(30)22-15-8-14-20-18-12-7-13-19(18)24(27-25(20)22)21-11-5-6-16-23(21)29/h5-8,11-12,14-19,24,27,29H,2-4,9-10,13H2,1H3. The topological polar surface area (TPSA) is 52.6 Å². The van der Waals surface area contributed by atoms with Crippen molar-refractivity contribution in [3.8, 4) is 5.75 Å². The van der Waals surface area contributed by atoms with E-state index in [0.717, 1.165) is 36.1 Å². The molecule has 0 radical (unpaired) electrons. The van der Waals surface area contributed by atoms with Crippen molar-refractivity contribution in [2.45, 2.75) is 56.5 Å². The number of hydrogen-bond acceptors (Lipinski definition) is 3. The van der Waals surface area contributed by atoms with Crippen LogP contribution in [0.1, 0.15) is 72.0 Å². The van der Waals surface area contributed by atoms with Gasteiger partial charge in [0.25, 0.3) is 5.91 Å². The maximum absolute atomic E-state index is 13.5. The number of allylic oxidation sites excluding steroid dienone is 2. The molecule has 1 amide bonds. The molecule has 0 saturated heterocycles. The van der Waals surface area contributed by atoms with Crippen LogP contribution in [0.15, 0.2) is 54.6 Å². The number of hydrogen-bond donors (Lipinski definition) is 2. The van der Waals surface area contributed by atoms with Crippen LogP contribution < -0.4 is 5.32 Å². The lowest BCUT2D eigenvalue weighted by Crippen LogP contribution is -2.39. The zero-order valence-electron chi connectivity index (χ0n) is 17.6. The second kappa shape index (κ2) is 7.82. The summed E-state index contributed by atoms with van der Waals surface area (Å²) < 4.78 is 0. The van der Waals surface area contributed by atoms with Crippen LogP contribution in [0.25, 0.3) is 0 Å². The minimum Gasteiger partial charge on any atom is -0.508 e. The fourth-order valence-electron chi connectivity index (χ4n) is 5.68. The number of nitrogens with zero attached hydrogens (tertiary/aromatic N) is 1. The van der Waals surface area contributed by atoms with Gasteiger partial charge in [-0.25, -0.2) is 0 Å². The van der Waals surface area contributed by atoms with Gasteiger partial charge in [0.05, 0.1) is 17.3 Å². The molecule has 4 heteroatoms.